The number of carbonyl (C=O) groups is 1. The number of amides is 1. The van der Waals surface area contributed by atoms with Crippen molar-refractivity contribution < 1.29 is 4.79 Å². The lowest BCUT2D eigenvalue weighted by Gasteiger charge is -2.26. The zero-order chi connectivity index (χ0) is 14.9. The third-order valence-corrected chi connectivity index (χ3v) is 3.76. The van der Waals surface area contributed by atoms with Crippen LogP contribution in [0.3, 0.4) is 0 Å². The Balaban J connectivity index is 2.46. The Morgan fingerprint density at radius 1 is 1.40 bits per heavy atom. The summed E-state index contributed by atoms with van der Waals surface area (Å²) in [5.41, 5.74) is 3.33. The van der Waals surface area contributed by atoms with E-state index in [9.17, 15) is 10.1 Å². The molecule has 1 aliphatic rings. The average molecular weight is 268 g/mol. The van der Waals surface area contributed by atoms with E-state index in [1.807, 2.05) is 18.2 Å². The van der Waals surface area contributed by atoms with E-state index in [2.05, 4.69) is 38.7 Å². The van der Waals surface area contributed by atoms with Crippen molar-refractivity contribution in [3.8, 4) is 6.07 Å². The summed E-state index contributed by atoms with van der Waals surface area (Å²) in [6.45, 7) is 10.2. The van der Waals surface area contributed by atoms with Crippen molar-refractivity contribution >= 4 is 5.91 Å². The Morgan fingerprint density at radius 3 is 2.65 bits per heavy atom. The second kappa shape index (κ2) is 5.13. The fourth-order valence-corrected chi connectivity index (χ4v) is 2.49. The van der Waals surface area contributed by atoms with Gasteiger partial charge >= 0.3 is 0 Å². The second-order valence-electron chi connectivity index (χ2n) is 6.35. The molecule has 3 heteroatoms. The highest BCUT2D eigenvalue weighted by Crippen LogP contribution is 2.33. The normalized spacial score (nSPS) is 19.4. The smallest absolute Gasteiger partial charge is 0.231 e. The zero-order valence-electron chi connectivity index (χ0n) is 12.3. The van der Waals surface area contributed by atoms with Gasteiger partial charge in [0.25, 0.3) is 0 Å². The molecule has 0 aromatic heterocycles. The third kappa shape index (κ3) is 2.75. The largest absolute Gasteiger partial charge is 0.330 e. The van der Waals surface area contributed by atoms with Crippen LogP contribution in [0.4, 0.5) is 0 Å². The molecule has 0 spiro atoms. The summed E-state index contributed by atoms with van der Waals surface area (Å²) < 4.78 is 0. The fraction of sp³-hybridized carbons (Fsp3) is 0.412. The highest BCUT2D eigenvalue weighted by Gasteiger charge is 2.28. The summed E-state index contributed by atoms with van der Waals surface area (Å²) in [5, 5.41) is 12.1. The molecule has 3 nitrogen and oxygen atoms in total. The molecule has 1 unspecified atom stereocenters. The van der Waals surface area contributed by atoms with Gasteiger partial charge in [-0.1, -0.05) is 39.5 Å². The Hall–Kier alpha value is -2.08. The average Bonchev–Trinajstić information content (AvgIpc) is 2.37. The Kier molecular flexibility index (Phi) is 3.67. The van der Waals surface area contributed by atoms with E-state index < -0.39 is 0 Å². The summed E-state index contributed by atoms with van der Waals surface area (Å²) in [6, 6.07) is 8.01. The maximum atomic E-state index is 12.2. The van der Waals surface area contributed by atoms with Crippen molar-refractivity contribution in [3.63, 3.8) is 0 Å². The molecule has 0 aliphatic carbocycles. The minimum absolute atomic E-state index is 0.00250. The molecule has 2 rings (SSSR count). The number of piperidine rings is 1. The number of carbonyl (C=O) groups excluding carboxylic acids is 1. The van der Waals surface area contributed by atoms with Gasteiger partial charge in [0.15, 0.2) is 0 Å². The van der Waals surface area contributed by atoms with Crippen LogP contribution >= 0.6 is 0 Å². The molecule has 0 bridgehead atoms. The van der Waals surface area contributed by atoms with Crippen LogP contribution in [-0.4, -0.2) is 5.91 Å². The van der Waals surface area contributed by atoms with Crippen LogP contribution in [0.5, 0.6) is 0 Å². The summed E-state index contributed by atoms with van der Waals surface area (Å²) >= 11 is 0. The molecule has 1 N–H and O–H groups in total. The van der Waals surface area contributed by atoms with E-state index in [1.54, 1.807) is 0 Å². The first-order valence-electron chi connectivity index (χ1n) is 6.86. The van der Waals surface area contributed by atoms with Crippen molar-refractivity contribution in [2.75, 3.05) is 0 Å². The van der Waals surface area contributed by atoms with Gasteiger partial charge in [0.05, 0.1) is 17.6 Å². The maximum absolute atomic E-state index is 12.2. The van der Waals surface area contributed by atoms with Crippen molar-refractivity contribution in [1.29, 1.82) is 5.26 Å². The quantitative estimate of drug-likeness (QED) is 0.849. The van der Waals surface area contributed by atoms with Gasteiger partial charge in [-0.05, 0) is 35.4 Å². The molecule has 0 radical (unpaired) electrons. The summed E-state index contributed by atoms with van der Waals surface area (Å²) in [5.74, 6) is -0.304. The van der Waals surface area contributed by atoms with Crippen molar-refractivity contribution in [1.82, 2.24) is 5.32 Å². The molecule has 1 heterocycles. The van der Waals surface area contributed by atoms with Crippen LogP contribution in [0.15, 0.2) is 30.5 Å². The van der Waals surface area contributed by atoms with Gasteiger partial charge in [-0.15, -0.1) is 0 Å². The van der Waals surface area contributed by atoms with Gasteiger partial charge in [-0.3, -0.25) is 4.79 Å². The van der Waals surface area contributed by atoms with Gasteiger partial charge in [0.1, 0.15) is 0 Å². The fourth-order valence-electron chi connectivity index (χ4n) is 2.49. The number of rotatable bonds is 1. The minimum atomic E-state index is -0.252. The number of allylic oxidation sites excluding steroid dienone is 1. The van der Waals surface area contributed by atoms with Gasteiger partial charge in [0.2, 0.25) is 5.91 Å². The molecular weight excluding hydrogens is 248 g/mol. The molecule has 1 atom stereocenters. The Bertz CT molecular complexity index is 602. The number of hydrogen-bond donors (Lipinski definition) is 1. The van der Waals surface area contributed by atoms with Gasteiger partial charge in [-0.2, -0.15) is 5.26 Å². The highest BCUT2D eigenvalue weighted by molar-refractivity contribution is 5.86. The second-order valence-corrected chi connectivity index (χ2v) is 6.35. The van der Waals surface area contributed by atoms with Crippen molar-refractivity contribution in [2.24, 2.45) is 0 Å². The van der Waals surface area contributed by atoms with E-state index in [0.29, 0.717) is 12.0 Å². The van der Waals surface area contributed by atoms with Crippen molar-refractivity contribution in [3.05, 3.63) is 47.2 Å². The first-order chi connectivity index (χ1) is 9.32. The highest BCUT2D eigenvalue weighted by atomic mass is 16.2. The van der Waals surface area contributed by atoms with Crippen LogP contribution in [-0.2, 0) is 10.2 Å². The number of nitrogens with zero attached hydrogens (tertiary/aromatic N) is 1. The Morgan fingerprint density at radius 2 is 2.10 bits per heavy atom. The molecule has 1 aliphatic heterocycles. The summed E-state index contributed by atoms with van der Waals surface area (Å²) in [4.78, 5) is 12.2. The predicted molar refractivity (Wildman–Crippen MR) is 79.1 cm³/mol. The molecular formula is C17H20N2O. The number of nitrogens with one attached hydrogen (secondary N) is 1. The lowest BCUT2D eigenvalue weighted by molar-refractivity contribution is -0.122. The SMILES string of the molecule is C=C1CCC(c2cc(C(C)(C)C)ccc2C#N)C(=O)N1. The van der Waals surface area contributed by atoms with Gasteiger partial charge in [-0.25, -0.2) is 0 Å². The molecule has 1 amide bonds. The van der Waals surface area contributed by atoms with Crippen LogP contribution in [0.2, 0.25) is 0 Å². The summed E-state index contributed by atoms with van der Waals surface area (Å²) in [6.07, 6.45) is 1.48. The first-order valence-corrected chi connectivity index (χ1v) is 6.86. The van der Waals surface area contributed by atoms with E-state index in [0.717, 1.165) is 23.2 Å². The first kappa shape index (κ1) is 14.3. The van der Waals surface area contributed by atoms with E-state index in [4.69, 9.17) is 0 Å². The van der Waals surface area contributed by atoms with E-state index in [-0.39, 0.29) is 17.2 Å². The van der Waals surface area contributed by atoms with E-state index in [1.165, 1.54) is 0 Å². The monoisotopic (exact) mass is 268 g/mol. The number of nitriles is 1. The lowest BCUT2D eigenvalue weighted by Crippen LogP contribution is -2.33. The molecule has 1 fully saturated rings. The molecule has 1 aromatic carbocycles. The number of hydrogen-bond acceptors (Lipinski definition) is 2. The molecule has 1 saturated heterocycles. The molecule has 0 saturated carbocycles. The Labute approximate surface area is 120 Å². The van der Waals surface area contributed by atoms with Crippen LogP contribution in [0.1, 0.15) is 56.2 Å². The van der Waals surface area contributed by atoms with Crippen LogP contribution < -0.4 is 5.32 Å². The van der Waals surface area contributed by atoms with Crippen LogP contribution in [0.25, 0.3) is 0 Å². The standard InChI is InChI=1S/C17H20N2O/c1-11-5-8-14(16(20)19-11)15-9-13(17(2,3)4)7-6-12(15)10-18/h6-7,9,14H,1,5,8H2,2-4H3,(H,19,20). The maximum Gasteiger partial charge on any atom is 0.231 e. The number of benzene rings is 1. The summed E-state index contributed by atoms with van der Waals surface area (Å²) in [7, 11) is 0. The lowest BCUT2D eigenvalue weighted by atomic mass is 9.81. The van der Waals surface area contributed by atoms with Crippen molar-refractivity contribution in [2.45, 2.75) is 44.9 Å². The molecule has 1 aromatic rings. The van der Waals surface area contributed by atoms with E-state index >= 15 is 0 Å². The zero-order valence-corrected chi connectivity index (χ0v) is 12.3. The predicted octanol–water partition coefficient (Wildman–Crippen LogP) is 3.36. The molecule has 104 valence electrons. The molecule has 20 heavy (non-hydrogen) atoms. The topological polar surface area (TPSA) is 52.9 Å². The minimum Gasteiger partial charge on any atom is -0.330 e. The van der Waals surface area contributed by atoms with Gasteiger partial charge in [0, 0.05) is 5.70 Å². The van der Waals surface area contributed by atoms with Crippen LogP contribution in [0, 0.1) is 11.3 Å². The van der Waals surface area contributed by atoms with Gasteiger partial charge < -0.3 is 5.32 Å². The third-order valence-electron chi connectivity index (χ3n) is 3.76.